The summed E-state index contributed by atoms with van der Waals surface area (Å²) in [6.07, 6.45) is 5.41. The minimum absolute atomic E-state index is 0.213. The minimum atomic E-state index is -3.66. The van der Waals surface area contributed by atoms with Crippen LogP contribution >= 0.6 is 0 Å². The van der Waals surface area contributed by atoms with Crippen LogP contribution in [0.25, 0.3) is 0 Å². The maximum absolute atomic E-state index is 12.4. The lowest BCUT2D eigenvalue weighted by Gasteiger charge is -2.15. The monoisotopic (exact) mass is 324 g/mol. The molecule has 0 saturated carbocycles. The zero-order chi connectivity index (χ0) is 16.0. The van der Waals surface area contributed by atoms with Crippen molar-refractivity contribution in [2.24, 2.45) is 0 Å². The Kier molecular flexibility index (Phi) is 5.97. The quantitative estimate of drug-likeness (QED) is 0.840. The van der Waals surface area contributed by atoms with Gasteiger partial charge in [-0.2, -0.15) is 4.72 Å². The first-order chi connectivity index (χ1) is 10.5. The molecule has 0 aliphatic carbocycles. The number of nitrogens with one attached hydrogen (secondary N) is 2. The van der Waals surface area contributed by atoms with Gasteiger partial charge in [0.15, 0.2) is 0 Å². The van der Waals surface area contributed by atoms with E-state index in [-0.39, 0.29) is 10.8 Å². The van der Waals surface area contributed by atoms with E-state index in [4.69, 9.17) is 0 Å². The summed E-state index contributed by atoms with van der Waals surface area (Å²) in [6, 6.07) is 6.24. The molecule has 1 amide bonds. The van der Waals surface area contributed by atoms with E-state index in [1.807, 2.05) is 12.1 Å². The Morgan fingerprint density at radius 2 is 1.95 bits per heavy atom. The van der Waals surface area contributed by atoms with Crippen molar-refractivity contribution in [1.82, 2.24) is 10.0 Å². The van der Waals surface area contributed by atoms with E-state index in [0.717, 1.165) is 37.7 Å². The van der Waals surface area contributed by atoms with Crippen molar-refractivity contribution in [1.29, 1.82) is 0 Å². The lowest BCUT2D eigenvalue weighted by Crippen LogP contribution is -2.45. The molecule has 2 N–H and O–H groups in total. The first-order valence-corrected chi connectivity index (χ1v) is 9.40. The molecule has 6 heteroatoms. The van der Waals surface area contributed by atoms with Crippen LogP contribution in [0, 0.1) is 0 Å². The summed E-state index contributed by atoms with van der Waals surface area (Å²) in [6.45, 7) is 2.74. The Labute approximate surface area is 132 Å². The molecule has 122 valence electrons. The summed E-state index contributed by atoms with van der Waals surface area (Å²) >= 11 is 0. The van der Waals surface area contributed by atoms with Gasteiger partial charge in [-0.25, -0.2) is 8.42 Å². The van der Waals surface area contributed by atoms with Gasteiger partial charge in [0, 0.05) is 6.54 Å². The third-order valence-corrected chi connectivity index (χ3v) is 5.37. The van der Waals surface area contributed by atoms with Gasteiger partial charge in [-0.05, 0) is 49.8 Å². The second kappa shape index (κ2) is 7.74. The van der Waals surface area contributed by atoms with Crippen LogP contribution in [-0.2, 0) is 21.2 Å². The first-order valence-electron chi connectivity index (χ1n) is 7.92. The summed E-state index contributed by atoms with van der Waals surface area (Å²) in [5.41, 5.74) is 1.13. The number of carbonyl (C=O) groups excluding carboxylic acids is 1. The van der Waals surface area contributed by atoms with Gasteiger partial charge in [-0.3, -0.25) is 4.79 Å². The number of unbranched alkanes of at least 4 members (excludes halogenated alkanes) is 1. The fourth-order valence-corrected chi connectivity index (χ4v) is 3.75. The Morgan fingerprint density at radius 1 is 1.23 bits per heavy atom. The highest BCUT2D eigenvalue weighted by Gasteiger charge is 2.26. The maximum Gasteiger partial charge on any atom is 0.241 e. The molecule has 2 rings (SSSR count). The summed E-state index contributed by atoms with van der Waals surface area (Å²) in [5.74, 6) is -0.236. The molecular weight excluding hydrogens is 300 g/mol. The number of amides is 1. The molecule has 0 bridgehead atoms. The van der Waals surface area contributed by atoms with Crippen LogP contribution in [0.3, 0.4) is 0 Å². The Morgan fingerprint density at radius 3 is 2.64 bits per heavy atom. The molecule has 1 aliphatic rings. The van der Waals surface area contributed by atoms with E-state index >= 15 is 0 Å². The molecule has 1 atom stereocenters. The summed E-state index contributed by atoms with van der Waals surface area (Å²) < 4.78 is 27.3. The molecule has 22 heavy (non-hydrogen) atoms. The van der Waals surface area contributed by atoms with E-state index < -0.39 is 16.1 Å². The molecule has 1 aliphatic heterocycles. The number of hydrogen-bond acceptors (Lipinski definition) is 3. The topological polar surface area (TPSA) is 75.3 Å². The maximum atomic E-state index is 12.4. The molecule has 1 saturated heterocycles. The number of sulfonamides is 1. The average Bonchev–Trinajstić information content (AvgIpc) is 2.70. The number of carbonyl (C=O) groups is 1. The normalized spacial score (nSPS) is 19.5. The van der Waals surface area contributed by atoms with Crippen molar-refractivity contribution in [2.75, 3.05) is 6.54 Å². The standard InChI is InChI=1S/C16H24N2O3S/c1-2-3-6-13-8-10-14(11-9-13)22(20,21)18-15-7-4-5-12-17-16(15)19/h8-11,15,18H,2-7,12H2,1H3,(H,17,19)/t15-/m0/s1. The van der Waals surface area contributed by atoms with E-state index in [1.54, 1.807) is 12.1 Å². The van der Waals surface area contributed by atoms with Crippen LogP contribution in [0.5, 0.6) is 0 Å². The Balaban J connectivity index is 2.07. The zero-order valence-electron chi connectivity index (χ0n) is 13.0. The molecule has 5 nitrogen and oxygen atoms in total. The molecule has 1 heterocycles. The largest absolute Gasteiger partial charge is 0.355 e. The third-order valence-electron chi connectivity index (χ3n) is 3.89. The minimum Gasteiger partial charge on any atom is -0.355 e. The fourth-order valence-electron chi connectivity index (χ4n) is 2.52. The van der Waals surface area contributed by atoms with Gasteiger partial charge in [0.1, 0.15) is 6.04 Å². The molecule has 1 aromatic carbocycles. The van der Waals surface area contributed by atoms with Gasteiger partial charge >= 0.3 is 0 Å². The van der Waals surface area contributed by atoms with E-state index in [1.165, 1.54) is 0 Å². The van der Waals surface area contributed by atoms with Crippen LogP contribution in [0.4, 0.5) is 0 Å². The molecular formula is C16H24N2O3S. The molecule has 1 aromatic rings. The van der Waals surface area contributed by atoms with Crippen molar-refractivity contribution in [2.45, 2.75) is 56.4 Å². The highest BCUT2D eigenvalue weighted by molar-refractivity contribution is 7.89. The van der Waals surface area contributed by atoms with Crippen molar-refractivity contribution >= 4 is 15.9 Å². The second-order valence-electron chi connectivity index (χ2n) is 5.71. The SMILES string of the molecule is CCCCc1ccc(S(=O)(=O)N[C@H]2CCCCNC2=O)cc1. The smallest absolute Gasteiger partial charge is 0.241 e. The first kappa shape index (κ1) is 17.0. The summed E-state index contributed by atoms with van der Waals surface area (Å²) in [7, 11) is -3.66. The molecule has 0 unspecified atom stereocenters. The fraction of sp³-hybridized carbons (Fsp3) is 0.562. The van der Waals surface area contributed by atoms with Crippen LogP contribution in [0.2, 0.25) is 0 Å². The second-order valence-corrected chi connectivity index (χ2v) is 7.42. The van der Waals surface area contributed by atoms with E-state index in [2.05, 4.69) is 17.0 Å². The van der Waals surface area contributed by atoms with Gasteiger partial charge in [0.2, 0.25) is 15.9 Å². The van der Waals surface area contributed by atoms with Crippen molar-refractivity contribution in [3.05, 3.63) is 29.8 Å². The highest BCUT2D eigenvalue weighted by Crippen LogP contribution is 2.15. The Bertz CT molecular complexity index is 596. The average molecular weight is 324 g/mol. The van der Waals surface area contributed by atoms with Gasteiger partial charge < -0.3 is 5.32 Å². The van der Waals surface area contributed by atoms with Gasteiger partial charge in [-0.15, -0.1) is 0 Å². The Hall–Kier alpha value is -1.40. The van der Waals surface area contributed by atoms with Crippen LogP contribution in [0.1, 0.15) is 44.6 Å². The molecule has 0 spiro atoms. The summed E-state index contributed by atoms with van der Waals surface area (Å²) in [4.78, 5) is 12.1. The summed E-state index contributed by atoms with van der Waals surface area (Å²) in [5, 5.41) is 2.74. The van der Waals surface area contributed by atoms with Crippen molar-refractivity contribution < 1.29 is 13.2 Å². The van der Waals surface area contributed by atoms with Gasteiger partial charge in [0.05, 0.1) is 4.90 Å². The lowest BCUT2D eigenvalue weighted by atomic mass is 10.1. The number of hydrogen-bond donors (Lipinski definition) is 2. The van der Waals surface area contributed by atoms with Crippen molar-refractivity contribution in [3.63, 3.8) is 0 Å². The lowest BCUT2D eigenvalue weighted by molar-refractivity contribution is -0.122. The van der Waals surface area contributed by atoms with Crippen LogP contribution in [-0.4, -0.2) is 26.9 Å². The van der Waals surface area contributed by atoms with Crippen LogP contribution < -0.4 is 10.0 Å². The zero-order valence-corrected chi connectivity index (χ0v) is 13.8. The molecule has 0 radical (unpaired) electrons. The third kappa shape index (κ3) is 4.55. The van der Waals surface area contributed by atoms with Crippen molar-refractivity contribution in [3.8, 4) is 0 Å². The predicted octanol–water partition coefficient (Wildman–Crippen LogP) is 1.98. The molecule has 0 aromatic heterocycles. The van der Waals surface area contributed by atoms with Crippen LogP contribution in [0.15, 0.2) is 29.2 Å². The molecule has 1 fully saturated rings. The highest BCUT2D eigenvalue weighted by atomic mass is 32.2. The number of aryl methyl sites for hydroxylation is 1. The van der Waals surface area contributed by atoms with E-state index in [9.17, 15) is 13.2 Å². The predicted molar refractivity (Wildman–Crippen MR) is 86.0 cm³/mol. The van der Waals surface area contributed by atoms with E-state index in [0.29, 0.717) is 13.0 Å². The van der Waals surface area contributed by atoms with Gasteiger partial charge in [0.25, 0.3) is 0 Å². The number of rotatable bonds is 6. The van der Waals surface area contributed by atoms with Gasteiger partial charge in [-0.1, -0.05) is 25.5 Å². The number of benzene rings is 1.